The smallest absolute Gasteiger partial charge is 0.230 e. The summed E-state index contributed by atoms with van der Waals surface area (Å²) in [5.74, 6) is 0.772. The number of anilines is 1. The number of aromatic nitrogens is 1. The highest BCUT2D eigenvalue weighted by molar-refractivity contribution is 7.13. The first-order valence-corrected chi connectivity index (χ1v) is 6.40. The van der Waals surface area contributed by atoms with Crippen LogP contribution < -0.4 is 10.1 Å². The summed E-state index contributed by atoms with van der Waals surface area (Å²) >= 11 is 1.41. The summed E-state index contributed by atoms with van der Waals surface area (Å²) in [5, 5.41) is 5.21. The summed E-state index contributed by atoms with van der Waals surface area (Å²) < 4.78 is 5.18. The maximum absolute atomic E-state index is 11.8. The Kier molecular flexibility index (Phi) is 3.94. The Labute approximate surface area is 110 Å². The lowest BCUT2D eigenvalue weighted by Gasteiger charge is -2.07. The second-order valence-electron chi connectivity index (χ2n) is 3.87. The number of nitrogens with zero attached hydrogens (tertiary/aromatic N) is 1. The van der Waals surface area contributed by atoms with Gasteiger partial charge in [-0.05, 0) is 24.1 Å². The molecule has 5 heteroatoms. The van der Waals surface area contributed by atoms with Crippen molar-refractivity contribution < 1.29 is 9.53 Å². The van der Waals surface area contributed by atoms with E-state index < -0.39 is 0 Å². The van der Waals surface area contributed by atoms with Crippen LogP contribution in [0.3, 0.4) is 0 Å². The predicted molar refractivity (Wildman–Crippen MR) is 72.2 cm³/mol. The van der Waals surface area contributed by atoms with Crippen LogP contribution in [0, 0.1) is 6.92 Å². The van der Waals surface area contributed by atoms with Crippen LogP contribution in [-0.4, -0.2) is 18.0 Å². The van der Waals surface area contributed by atoms with Crippen LogP contribution in [0.2, 0.25) is 0 Å². The quantitative estimate of drug-likeness (QED) is 0.921. The summed E-state index contributed by atoms with van der Waals surface area (Å²) in [6.07, 6.45) is 2.00. The van der Waals surface area contributed by atoms with Gasteiger partial charge in [0.1, 0.15) is 5.75 Å². The zero-order valence-corrected chi connectivity index (χ0v) is 11.1. The molecule has 1 heterocycles. The molecule has 0 unspecified atom stereocenters. The van der Waals surface area contributed by atoms with Gasteiger partial charge in [0.25, 0.3) is 0 Å². The van der Waals surface area contributed by atoms with E-state index in [-0.39, 0.29) is 5.91 Å². The van der Waals surface area contributed by atoms with Crippen LogP contribution in [-0.2, 0) is 11.2 Å². The highest BCUT2D eigenvalue weighted by atomic mass is 32.1. The van der Waals surface area contributed by atoms with Crippen LogP contribution in [0.15, 0.2) is 29.8 Å². The minimum atomic E-state index is -0.0606. The molecule has 0 bridgehead atoms. The third-order valence-electron chi connectivity index (χ3n) is 2.50. The molecular formula is C13H14N2O2S. The standard InChI is InChI=1S/C13H14N2O2S/c1-9-7-10(3-4-11(9)17-2)8-12(16)15-13-14-5-6-18-13/h3-7H,8H2,1-2H3,(H,14,15,16). The maximum atomic E-state index is 11.8. The zero-order chi connectivity index (χ0) is 13.0. The first-order valence-electron chi connectivity index (χ1n) is 5.52. The van der Waals surface area contributed by atoms with E-state index in [2.05, 4.69) is 10.3 Å². The first-order chi connectivity index (χ1) is 8.69. The third kappa shape index (κ3) is 3.07. The number of hydrogen-bond donors (Lipinski definition) is 1. The molecule has 2 rings (SSSR count). The summed E-state index contributed by atoms with van der Waals surface area (Å²) in [6, 6.07) is 5.73. The van der Waals surface area contributed by atoms with Crippen molar-refractivity contribution in [2.45, 2.75) is 13.3 Å². The van der Waals surface area contributed by atoms with Gasteiger partial charge in [-0.3, -0.25) is 4.79 Å². The molecule has 0 saturated heterocycles. The maximum Gasteiger partial charge on any atom is 0.230 e. The molecule has 2 aromatic rings. The monoisotopic (exact) mass is 262 g/mol. The molecule has 0 saturated carbocycles. The van der Waals surface area contributed by atoms with E-state index in [1.807, 2.05) is 30.5 Å². The van der Waals surface area contributed by atoms with Crippen molar-refractivity contribution in [3.8, 4) is 5.75 Å². The lowest BCUT2D eigenvalue weighted by molar-refractivity contribution is -0.115. The van der Waals surface area contributed by atoms with E-state index in [0.29, 0.717) is 11.6 Å². The van der Waals surface area contributed by atoms with Crippen LogP contribution in [0.25, 0.3) is 0 Å². The second kappa shape index (κ2) is 5.64. The van der Waals surface area contributed by atoms with Crippen LogP contribution in [0.4, 0.5) is 5.13 Å². The Morgan fingerprint density at radius 2 is 2.33 bits per heavy atom. The molecule has 0 atom stereocenters. The molecule has 0 spiro atoms. The first kappa shape index (κ1) is 12.6. The van der Waals surface area contributed by atoms with Gasteiger partial charge < -0.3 is 10.1 Å². The fourth-order valence-corrected chi connectivity index (χ4v) is 2.23. The average Bonchev–Trinajstić information content (AvgIpc) is 2.82. The van der Waals surface area contributed by atoms with E-state index in [9.17, 15) is 4.79 Å². The number of ether oxygens (including phenoxy) is 1. The number of amides is 1. The Hall–Kier alpha value is -1.88. The number of hydrogen-bond acceptors (Lipinski definition) is 4. The normalized spacial score (nSPS) is 10.1. The third-order valence-corrected chi connectivity index (χ3v) is 3.19. The number of methoxy groups -OCH3 is 1. The number of thiazole rings is 1. The van der Waals surface area contributed by atoms with E-state index >= 15 is 0 Å². The van der Waals surface area contributed by atoms with Gasteiger partial charge in [-0.25, -0.2) is 4.98 Å². The molecule has 0 aliphatic heterocycles. The Morgan fingerprint density at radius 3 is 2.94 bits per heavy atom. The van der Waals surface area contributed by atoms with Gasteiger partial charge in [-0.15, -0.1) is 11.3 Å². The molecule has 1 N–H and O–H groups in total. The highest BCUT2D eigenvalue weighted by Gasteiger charge is 2.07. The van der Waals surface area contributed by atoms with Crippen LogP contribution in [0.1, 0.15) is 11.1 Å². The fraction of sp³-hybridized carbons (Fsp3) is 0.231. The lowest BCUT2D eigenvalue weighted by atomic mass is 10.1. The molecule has 0 radical (unpaired) electrons. The van der Waals surface area contributed by atoms with Crippen molar-refractivity contribution in [3.63, 3.8) is 0 Å². The largest absolute Gasteiger partial charge is 0.496 e. The second-order valence-corrected chi connectivity index (χ2v) is 4.76. The van der Waals surface area contributed by atoms with Gasteiger partial charge in [-0.1, -0.05) is 12.1 Å². The number of aryl methyl sites for hydroxylation is 1. The minimum Gasteiger partial charge on any atom is -0.496 e. The van der Waals surface area contributed by atoms with E-state index in [4.69, 9.17) is 4.74 Å². The van der Waals surface area contributed by atoms with Crippen molar-refractivity contribution in [1.29, 1.82) is 0 Å². The number of benzene rings is 1. The Balaban J connectivity index is 2.01. The molecular weight excluding hydrogens is 248 g/mol. The molecule has 4 nitrogen and oxygen atoms in total. The number of nitrogens with one attached hydrogen (secondary N) is 1. The molecule has 1 aromatic carbocycles. The molecule has 0 aliphatic rings. The molecule has 0 aliphatic carbocycles. The van der Waals surface area contributed by atoms with Gasteiger partial charge in [0, 0.05) is 11.6 Å². The van der Waals surface area contributed by atoms with Crippen molar-refractivity contribution in [2.24, 2.45) is 0 Å². The van der Waals surface area contributed by atoms with E-state index in [1.165, 1.54) is 11.3 Å². The van der Waals surface area contributed by atoms with Gasteiger partial charge in [-0.2, -0.15) is 0 Å². The minimum absolute atomic E-state index is 0.0606. The Bertz CT molecular complexity index is 538. The molecule has 0 fully saturated rings. The van der Waals surface area contributed by atoms with Crippen molar-refractivity contribution in [2.75, 3.05) is 12.4 Å². The van der Waals surface area contributed by atoms with Crippen molar-refractivity contribution in [3.05, 3.63) is 40.9 Å². The summed E-state index contributed by atoms with van der Waals surface area (Å²) in [5.41, 5.74) is 1.99. The van der Waals surface area contributed by atoms with E-state index in [0.717, 1.165) is 16.9 Å². The number of carbonyl (C=O) groups is 1. The van der Waals surface area contributed by atoms with E-state index in [1.54, 1.807) is 13.3 Å². The fourth-order valence-electron chi connectivity index (χ4n) is 1.68. The van der Waals surface area contributed by atoms with Crippen molar-refractivity contribution in [1.82, 2.24) is 4.98 Å². The van der Waals surface area contributed by atoms with Gasteiger partial charge in [0.15, 0.2) is 5.13 Å². The van der Waals surface area contributed by atoms with Gasteiger partial charge in [0.2, 0.25) is 5.91 Å². The average molecular weight is 262 g/mol. The lowest BCUT2D eigenvalue weighted by Crippen LogP contribution is -2.14. The summed E-state index contributed by atoms with van der Waals surface area (Å²) in [6.45, 7) is 1.96. The van der Waals surface area contributed by atoms with Crippen LogP contribution >= 0.6 is 11.3 Å². The predicted octanol–water partition coefficient (Wildman–Crippen LogP) is 2.64. The SMILES string of the molecule is COc1ccc(CC(=O)Nc2nccs2)cc1C. The van der Waals surface area contributed by atoms with Gasteiger partial charge >= 0.3 is 0 Å². The number of rotatable bonds is 4. The van der Waals surface area contributed by atoms with Gasteiger partial charge in [0.05, 0.1) is 13.5 Å². The molecule has 18 heavy (non-hydrogen) atoms. The molecule has 1 amide bonds. The summed E-state index contributed by atoms with van der Waals surface area (Å²) in [7, 11) is 1.64. The topological polar surface area (TPSA) is 51.2 Å². The molecule has 94 valence electrons. The van der Waals surface area contributed by atoms with Crippen molar-refractivity contribution >= 4 is 22.4 Å². The Morgan fingerprint density at radius 1 is 1.50 bits per heavy atom. The number of carbonyl (C=O) groups excluding carboxylic acids is 1. The van der Waals surface area contributed by atoms with Crippen LogP contribution in [0.5, 0.6) is 5.75 Å². The highest BCUT2D eigenvalue weighted by Crippen LogP contribution is 2.19. The molecule has 1 aromatic heterocycles. The summed E-state index contributed by atoms with van der Waals surface area (Å²) in [4.78, 5) is 15.8. The zero-order valence-electron chi connectivity index (χ0n) is 10.3.